The van der Waals surface area contributed by atoms with Crippen LogP contribution < -0.4 is 5.32 Å². The van der Waals surface area contributed by atoms with Gasteiger partial charge in [0.2, 0.25) is 0 Å². The van der Waals surface area contributed by atoms with Gasteiger partial charge in [-0.3, -0.25) is 9.32 Å². The van der Waals surface area contributed by atoms with Gasteiger partial charge >= 0.3 is 7.82 Å². The van der Waals surface area contributed by atoms with Gasteiger partial charge < -0.3 is 15.1 Å². The van der Waals surface area contributed by atoms with Crippen LogP contribution in [0.1, 0.15) is 23.6 Å². The predicted octanol–water partition coefficient (Wildman–Crippen LogP) is 4.38. The zero-order chi connectivity index (χ0) is 18.9. The number of phosphoric ester groups is 1. The van der Waals surface area contributed by atoms with E-state index in [1.807, 2.05) is 0 Å². The molecule has 2 aromatic rings. The maximum absolute atomic E-state index is 12.3. The number of aromatic nitrogens is 2. The Morgan fingerprint density at radius 2 is 1.96 bits per heavy atom. The van der Waals surface area contributed by atoms with E-state index >= 15 is 0 Å². The fourth-order valence-corrected chi connectivity index (χ4v) is 3.21. The molecule has 1 unspecified atom stereocenters. The zero-order valence-electron chi connectivity index (χ0n) is 12.3. The van der Waals surface area contributed by atoms with Crippen molar-refractivity contribution >= 4 is 65.8 Å². The minimum atomic E-state index is -4.80. The summed E-state index contributed by atoms with van der Waals surface area (Å²) in [6, 6.07) is 4.43. The number of halogens is 4. The molecule has 3 N–H and O–H groups in total. The van der Waals surface area contributed by atoms with Crippen LogP contribution in [0, 0.1) is 0 Å². The monoisotopic (exact) mass is 447 g/mol. The standard InChI is InChI=1S/C12H10Cl4N3O5P/c1-5(24-25(21,22)23)19-11(16)9(15)10(18-19)12(20)17-8-3-2-6(13)4-7(8)14/h2-5H,1H3,(H,17,20)(H2,21,22,23). The van der Waals surface area contributed by atoms with E-state index in [9.17, 15) is 9.36 Å². The minimum Gasteiger partial charge on any atom is -0.319 e. The molecule has 0 bridgehead atoms. The Kier molecular flexibility index (Phi) is 6.40. The van der Waals surface area contributed by atoms with Gasteiger partial charge in [-0.25, -0.2) is 9.25 Å². The van der Waals surface area contributed by atoms with Crippen LogP contribution in [-0.2, 0) is 9.09 Å². The van der Waals surface area contributed by atoms with Crippen LogP contribution >= 0.6 is 54.2 Å². The highest BCUT2D eigenvalue weighted by Gasteiger charge is 2.27. The molecule has 0 fully saturated rings. The third kappa shape index (κ3) is 5.09. The fraction of sp³-hybridized carbons (Fsp3) is 0.167. The summed E-state index contributed by atoms with van der Waals surface area (Å²) in [6.45, 7) is 1.27. The largest absolute Gasteiger partial charge is 0.471 e. The van der Waals surface area contributed by atoms with Gasteiger partial charge in [-0.15, -0.1) is 0 Å². The van der Waals surface area contributed by atoms with Crippen LogP contribution in [0.15, 0.2) is 18.2 Å². The predicted molar refractivity (Wildman–Crippen MR) is 94.5 cm³/mol. The van der Waals surface area contributed by atoms with Gasteiger partial charge in [0.25, 0.3) is 5.91 Å². The molecule has 13 heteroatoms. The van der Waals surface area contributed by atoms with Gasteiger partial charge in [0.15, 0.2) is 11.9 Å². The highest BCUT2D eigenvalue weighted by molar-refractivity contribution is 7.46. The number of hydrogen-bond acceptors (Lipinski definition) is 4. The first-order chi connectivity index (χ1) is 11.5. The molecule has 0 aliphatic carbocycles. The minimum absolute atomic E-state index is 0.195. The maximum Gasteiger partial charge on any atom is 0.471 e. The molecular formula is C12H10Cl4N3O5P. The normalized spacial score (nSPS) is 12.9. The summed E-state index contributed by atoms with van der Waals surface area (Å²) in [5.74, 6) is -0.738. The van der Waals surface area contributed by atoms with Gasteiger partial charge in [-0.05, 0) is 25.1 Å². The number of hydrogen-bond donors (Lipinski definition) is 3. The summed E-state index contributed by atoms with van der Waals surface area (Å²) in [6.07, 6.45) is -1.27. The van der Waals surface area contributed by atoms with Crippen LogP contribution in [0.25, 0.3) is 0 Å². The molecule has 0 radical (unpaired) electrons. The van der Waals surface area contributed by atoms with E-state index in [0.717, 1.165) is 4.68 Å². The van der Waals surface area contributed by atoms with Crippen molar-refractivity contribution in [1.29, 1.82) is 0 Å². The van der Waals surface area contributed by atoms with Gasteiger partial charge in [0.05, 0.1) is 10.7 Å². The number of amides is 1. The van der Waals surface area contributed by atoms with Gasteiger partial charge in [-0.1, -0.05) is 46.4 Å². The molecule has 25 heavy (non-hydrogen) atoms. The molecule has 0 saturated heterocycles. The van der Waals surface area contributed by atoms with Crippen LogP contribution in [0.3, 0.4) is 0 Å². The lowest BCUT2D eigenvalue weighted by Crippen LogP contribution is -2.15. The number of rotatable bonds is 5. The van der Waals surface area contributed by atoms with E-state index in [-0.39, 0.29) is 26.6 Å². The molecule has 0 spiro atoms. The lowest BCUT2D eigenvalue weighted by Gasteiger charge is -2.14. The molecule has 136 valence electrons. The number of carbonyl (C=O) groups is 1. The second-order valence-electron chi connectivity index (χ2n) is 4.67. The van der Waals surface area contributed by atoms with Crippen molar-refractivity contribution < 1.29 is 23.7 Å². The van der Waals surface area contributed by atoms with Crippen LogP contribution in [0.4, 0.5) is 5.69 Å². The molecule has 0 aliphatic heterocycles. The van der Waals surface area contributed by atoms with Crippen LogP contribution in [-0.4, -0.2) is 25.5 Å². The Labute approximate surface area is 161 Å². The summed E-state index contributed by atoms with van der Waals surface area (Å²) in [7, 11) is -4.80. The molecule has 2 rings (SSSR count). The number of benzene rings is 1. The molecule has 1 aromatic heterocycles. The quantitative estimate of drug-likeness (QED) is 0.585. The fourth-order valence-electron chi connectivity index (χ4n) is 1.80. The summed E-state index contributed by atoms with van der Waals surface area (Å²) < 4.78 is 16.2. The summed E-state index contributed by atoms with van der Waals surface area (Å²) in [5.41, 5.74) is -0.0174. The van der Waals surface area contributed by atoms with Crippen molar-refractivity contribution in [1.82, 2.24) is 9.78 Å². The zero-order valence-corrected chi connectivity index (χ0v) is 16.2. The third-order valence-electron chi connectivity index (χ3n) is 2.83. The Balaban J connectivity index is 2.29. The molecule has 0 aliphatic rings. The number of phosphoric acid groups is 1. The summed E-state index contributed by atoms with van der Waals surface area (Å²) in [5, 5.41) is 6.46. The number of nitrogens with zero attached hydrogens (tertiary/aromatic N) is 2. The topological polar surface area (TPSA) is 114 Å². The van der Waals surface area contributed by atoms with Gasteiger partial charge in [-0.2, -0.15) is 5.10 Å². The summed E-state index contributed by atoms with van der Waals surface area (Å²) in [4.78, 5) is 30.0. The van der Waals surface area contributed by atoms with E-state index in [2.05, 4.69) is 14.9 Å². The highest BCUT2D eigenvalue weighted by Crippen LogP contribution is 2.42. The SMILES string of the molecule is CC(OP(=O)(O)O)n1nc(C(=O)Nc2ccc(Cl)cc2Cl)c(Cl)c1Cl. The first-order valence-corrected chi connectivity index (χ1v) is 9.47. The first-order valence-electron chi connectivity index (χ1n) is 6.43. The second kappa shape index (κ2) is 7.82. The van der Waals surface area contributed by atoms with Crippen molar-refractivity contribution in [2.45, 2.75) is 13.2 Å². The molecule has 1 aromatic carbocycles. The number of nitrogens with one attached hydrogen (secondary N) is 1. The lowest BCUT2D eigenvalue weighted by molar-refractivity contribution is 0.0877. The average Bonchev–Trinajstić information content (AvgIpc) is 2.77. The van der Waals surface area contributed by atoms with Gasteiger partial charge in [0, 0.05) is 5.02 Å². The molecule has 1 atom stereocenters. The Bertz CT molecular complexity index is 869. The average molecular weight is 449 g/mol. The first kappa shape index (κ1) is 20.5. The van der Waals surface area contributed by atoms with Crippen molar-refractivity contribution in [3.8, 4) is 0 Å². The Hall–Kier alpha value is -0.830. The van der Waals surface area contributed by atoms with Crippen molar-refractivity contribution in [2.75, 3.05) is 5.32 Å². The van der Waals surface area contributed by atoms with E-state index in [0.29, 0.717) is 5.02 Å². The van der Waals surface area contributed by atoms with Crippen molar-refractivity contribution in [3.05, 3.63) is 44.1 Å². The molecule has 1 heterocycles. The third-order valence-corrected chi connectivity index (χ3v) is 4.77. The molecular weight excluding hydrogens is 439 g/mol. The lowest BCUT2D eigenvalue weighted by atomic mass is 10.3. The molecule has 8 nitrogen and oxygen atoms in total. The van der Waals surface area contributed by atoms with Crippen LogP contribution in [0.5, 0.6) is 0 Å². The number of anilines is 1. The van der Waals surface area contributed by atoms with E-state index in [1.165, 1.54) is 25.1 Å². The number of carbonyl (C=O) groups excluding carboxylic acids is 1. The highest BCUT2D eigenvalue weighted by atomic mass is 35.5. The van der Waals surface area contributed by atoms with Crippen molar-refractivity contribution in [3.63, 3.8) is 0 Å². The molecule has 1 amide bonds. The Morgan fingerprint density at radius 3 is 2.52 bits per heavy atom. The second-order valence-corrected chi connectivity index (χ2v) is 7.44. The van der Waals surface area contributed by atoms with Crippen molar-refractivity contribution in [2.24, 2.45) is 0 Å². The van der Waals surface area contributed by atoms with E-state index in [4.69, 9.17) is 56.2 Å². The Morgan fingerprint density at radius 1 is 1.32 bits per heavy atom. The van der Waals surface area contributed by atoms with E-state index < -0.39 is 20.0 Å². The van der Waals surface area contributed by atoms with Crippen LogP contribution in [0.2, 0.25) is 20.2 Å². The molecule has 0 saturated carbocycles. The van der Waals surface area contributed by atoms with E-state index in [1.54, 1.807) is 0 Å². The van der Waals surface area contributed by atoms with Gasteiger partial charge in [0.1, 0.15) is 10.2 Å². The smallest absolute Gasteiger partial charge is 0.319 e. The summed E-state index contributed by atoms with van der Waals surface area (Å²) >= 11 is 23.7. The maximum atomic E-state index is 12.3.